The first-order valence-corrected chi connectivity index (χ1v) is 10.1. The molecule has 4 rings (SSSR count). The Morgan fingerprint density at radius 1 is 1.11 bits per heavy atom. The van der Waals surface area contributed by atoms with E-state index in [2.05, 4.69) is 20.4 Å². The zero-order chi connectivity index (χ0) is 18.8. The third-order valence-electron chi connectivity index (χ3n) is 4.93. The second-order valence-electron chi connectivity index (χ2n) is 7.05. The van der Waals surface area contributed by atoms with Crippen molar-refractivity contribution in [1.82, 2.24) is 15.1 Å². The molecule has 1 N–H and O–H groups in total. The number of thiazole rings is 1. The molecule has 140 valence electrons. The minimum atomic E-state index is 0.0703. The summed E-state index contributed by atoms with van der Waals surface area (Å²) in [7, 11) is 0. The number of nitrogens with zero attached hydrogens (tertiary/aromatic N) is 3. The minimum absolute atomic E-state index is 0.0703. The monoisotopic (exact) mass is 382 g/mol. The topological polar surface area (TPSA) is 80.9 Å². The predicted octanol–water partition coefficient (Wildman–Crippen LogP) is 5.00. The smallest absolute Gasteiger partial charge is 0.270 e. The summed E-state index contributed by atoms with van der Waals surface area (Å²) < 4.78 is 5.45. The summed E-state index contributed by atoms with van der Waals surface area (Å²) in [5, 5.41) is 7.64. The molecule has 0 saturated heterocycles. The summed E-state index contributed by atoms with van der Waals surface area (Å²) in [6, 6.07) is 7.98. The van der Waals surface area contributed by atoms with Crippen LogP contribution in [0.3, 0.4) is 0 Å². The lowest BCUT2D eigenvalue weighted by Crippen LogP contribution is -2.24. The Labute approximate surface area is 162 Å². The van der Waals surface area contributed by atoms with Crippen molar-refractivity contribution in [2.24, 2.45) is 5.92 Å². The molecule has 1 fully saturated rings. The van der Waals surface area contributed by atoms with E-state index in [9.17, 15) is 4.79 Å². The van der Waals surface area contributed by atoms with E-state index in [1.165, 1.54) is 23.3 Å². The van der Waals surface area contributed by atoms with Crippen molar-refractivity contribution in [3.8, 4) is 22.2 Å². The number of amides is 1. The number of benzene rings is 1. The summed E-state index contributed by atoms with van der Waals surface area (Å²) in [4.78, 5) is 22.2. The number of carbonyl (C=O) groups excluding carboxylic acids is 1. The molecule has 0 aliphatic heterocycles. The molecule has 27 heavy (non-hydrogen) atoms. The van der Waals surface area contributed by atoms with Gasteiger partial charge in [0, 0.05) is 11.5 Å². The number of carbonyl (C=O) groups is 1. The number of rotatable bonds is 4. The lowest BCUT2D eigenvalue weighted by molar-refractivity contribution is -0.120. The molecule has 1 aliphatic carbocycles. The Morgan fingerprint density at radius 2 is 1.85 bits per heavy atom. The van der Waals surface area contributed by atoms with Crippen molar-refractivity contribution in [2.45, 2.75) is 46.0 Å². The van der Waals surface area contributed by atoms with Crippen LogP contribution in [-0.4, -0.2) is 21.0 Å². The van der Waals surface area contributed by atoms with Gasteiger partial charge < -0.3 is 9.84 Å². The fourth-order valence-electron chi connectivity index (χ4n) is 3.36. The van der Waals surface area contributed by atoms with Gasteiger partial charge in [0.2, 0.25) is 11.7 Å². The van der Waals surface area contributed by atoms with Crippen LogP contribution in [0, 0.1) is 19.8 Å². The zero-order valence-corrected chi connectivity index (χ0v) is 16.3. The van der Waals surface area contributed by atoms with Crippen LogP contribution in [0.25, 0.3) is 22.2 Å². The van der Waals surface area contributed by atoms with E-state index in [4.69, 9.17) is 4.52 Å². The number of aryl methyl sites for hydroxylation is 2. The highest BCUT2D eigenvalue weighted by molar-refractivity contribution is 7.19. The SMILES string of the molecule is Cc1ccc(-c2noc(-c3sc(NC(=O)C4CCCCC4)nc3C)n2)cc1. The van der Waals surface area contributed by atoms with Crippen molar-refractivity contribution >= 4 is 22.4 Å². The number of nitrogens with one attached hydrogen (secondary N) is 1. The second kappa shape index (κ2) is 7.60. The van der Waals surface area contributed by atoms with Gasteiger partial charge in [0.25, 0.3) is 5.89 Å². The number of hydrogen-bond acceptors (Lipinski definition) is 6. The van der Waals surface area contributed by atoms with Crippen LogP contribution in [-0.2, 0) is 4.79 Å². The molecule has 1 amide bonds. The van der Waals surface area contributed by atoms with Crippen LogP contribution >= 0.6 is 11.3 Å². The average molecular weight is 382 g/mol. The molecular formula is C20H22N4O2S. The average Bonchev–Trinajstić information content (AvgIpc) is 3.30. The molecular weight excluding hydrogens is 360 g/mol. The molecule has 6 nitrogen and oxygen atoms in total. The molecule has 2 heterocycles. The summed E-state index contributed by atoms with van der Waals surface area (Å²) >= 11 is 1.38. The maximum Gasteiger partial charge on any atom is 0.270 e. The second-order valence-corrected chi connectivity index (χ2v) is 8.05. The van der Waals surface area contributed by atoms with Gasteiger partial charge in [0.15, 0.2) is 5.13 Å². The molecule has 3 aromatic rings. The third kappa shape index (κ3) is 3.93. The molecule has 2 aromatic heterocycles. The summed E-state index contributed by atoms with van der Waals surface area (Å²) in [5.74, 6) is 1.15. The van der Waals surface area contributed by atoms with E-state index in [0.717, 1.165) is 41.8 Å². The Bertz CT molecular complexity index is 939. The predicted molar refractivity (Wildman–Crippen MR) is 106 cm³/mol. The Kier molecular flexibility index (Phi) is 5.03. The lowest BCUT2D eigenvalue weighted by Gasteiger charge is -2.19. The molecule has 0 bridgehead atoms. The van der Waals surface area contributed by atoms with Gasteiger partial charge in [0.05, 0.1) is 5.69 Å². The number of anilines is 1. The van der Waals surface area contributed by atoms with Crippen LogP contribution < -0.4 is 5.32 Å². The van der Waals surface area contributed by atoms with Crippen LogP contribution in [0.15, 0.2) is 28.8 Å². The first-order chi connectivity index (χ1) is 13.1. The third-order valence-corrected chi connectivity index (χ3v) is 5.99. The fraction of sp³-hybridized carbons (Fsp3) is 0.400. The van der Waals surface area contributed by atoms with Gasteiger partial charge in [-0.2, -0.15) is 4.98 Å². The maximum atomic E-state index is 12.4. The standard InChI is InChI=1S/C20H22N4O2S/c1-12-8-10-14(11-9-12)17-22-19(26-24-17)16-13(2)21-20(27-16)23-18(25)15-6-4-3-5-7-15/h8-11,15H,3-7H2,1-2H3,(H,21,23,25). The van der Waals surface area contributed by atoms with E-state index >= 15 is 0 Å². The number of hydrogen-bond donors (Lipinski definition) is 1. The van der Waals surface area contributed by atoms with Crippen molar-refractivity contribution < 1.29 is 9.32 Å². The van der Waals surface area contributed by atoms with Crippen molar-refractivity contribution in [2.75, 3.05) is 5.32 Å². The first kappa shape index (κ1) is 17.9. The molecule has 7 heteroatoms. The Balaban J connectivity index is 1.51. The van der Waals surface area contributed by atoms with E-state index in [1.807, 2.05) is 38.1 Å². The van der Waals surface area contributed by atoms with E-state index in [1.54, 1.807) is 0 Å². The van der Waals surface area contributed by atoms with Gasteiger partial charge in [0.1, 0.15) is 4.88 Å². The quantitative estimate of drug-likeness (QED) is 0.687. The molecule has 0 radical (unpaired) electrons. The molecule has 1 aliphatic rings. The van der Waals surface area contributed by atoms with Gasteiger partial charge in [-0.15, -0.1) is 0 Å². The zero-order valence-electron chi connectivity index (χ0n) is 15.5. The van der Waals surface area contributed by atoms with Gasteiger partial charge >= 0.3 is 0 Å². The highest BCUT2D eigenvalue weighted by atomic mass is 32.1. The van der Waals surface area contributed by atoms with E-state index in [0.29, 0.717) is 16.8 Å². The highest BCUT2D eigenvalue weighted by Gasteiger charge is 2.23. The Hall–Kier alpha value is -2.54. The maximum absolute atomic E-state index is 12.4. The van der Waals surface area contributed by atoms with Crippen molar-refractivity contribution in [1.29, 1.82) is 0 Å². The highest BCUT2D eigenvalue weighted by Crippen LogP contribution is 2.33. The van der Waals surface area contributed by atoms with Crippen molar-refractivity contribution in [3.05, 3.63) is 35.5 Å². The summed E-state index contributed by atoms with van der Waals surface area (Å²) in [6.45, 7) is 3.92. The van der Waals surface area contributed by atoms with Gasteiger partial charge in [-0.1, -0.05) is 65.6 Å². The minimum Gasteiger partial charge on any atom is -0.333 e. The van der Waals surface area contributed by atoms with Crippen molar-refractivity contribution in [3.63, 3.8) is 0 Å². The first-order valence-electron chi connectivity index (χ1n) is 9.29. The van der Waals surface area contributed by atoms with Gasteiger partial charge in [-0.05, 0) is 26.7 Å². The van der Waals surface area contributed by atoms with E-state index < -0.39 is 0 Å². The summed E-state index contributed by atoms with van der Waals surface area (Å²) in [5.41, 5.74) is 2.86. The largest absolute Gasteiger partial charge is 0.333 e. The van der Waals surface area contributed by atoms with Crippen LogP contribution in [0.5, 0.6) is 0 Å². The Morgan fingerprint density at radius 3 is 2.59 bits per heavy atom. The molecule has 0 spiro atoms. The lowest BCUT2D eigenvalue weighted by atomic mass is 9.89. The van der Waals surface area contributed by atoms with Gasteiger partial charge in [-0.25, -0.2) is 4.98 Å². The van der Waals surface area contributed by atoms with E-state index in [-0.39, 0.29) is 11.8 Å². The summed E-state index contributed by atoms with van der Waals surface area (Å²) in [6.07, 6.45) is 5.41. The normalized spacial score (nSPS) is 15.0. The molecule has 1 aromatic carbocycles. The molecule has 0 atom stereocenters. The molecule has 0 unspecified atom stereocenters. The van der Waals surface area contributed by atoms with Crippen LogP contribution in [0.4, 0.5) is 5.13 Å². The van der Waals surface area contributed by atoms with Crippen LogP contribution in [0.2, 0.25) is 0 Å². The van der Waals surface area contributed by atoms with Crippen LogP contribution in [0.1, 0.15) is 43.4 Å². The number of aromatic nitrogens is 3. The fourth-order valence-corrected chi connectivity index (χ4v) is 4.25. The molecule has 1 saturated carbocycles. The van der Waals surface area contributed by atoms with Gasteiger partial charge in [-0.3, -0.25) is 4.79 Å².